The number of methoxy groups -OCH3 is 1. The molecule has 6 heteroatoms. The topological polar surface area (TPSA) is 70.2 Å². The largest absolute Gasteiger partial charge is 0.481 e. The van der Waals surface area contributed by atoms with Gasteiger partial charge in [-0.3, -0.25) is 9.69 Å². The van der Waals surface area contributed by atoms with Crippen LogP contribution in [0.25, 0.3) is 22.2 Å². The zero-order valence-corrected chi connectivity index (χ0v) is 18.9. The molecule has 1 aliphatic heterocycles. The number of fused-ring (bicyclic) bond motifs is 1. The van der Waals surface area contributed by atoms with E-state index in [9.17, 15) is 4.79 Å². The molecule has 0 atom stereocenters. The molecule has 1 fully saturated rings. The number of likely N-dealkylation sites (tertiary alicyclic amines) is 1. The number of hydrogen-bond acceptors (Lipinski definition) is 4. The number of carbonyl (C=O) groups is 1. The van der Waals surface area contributed by atoms with Gasteiger partial charge in [0.15, 0.2) is 0 Å². The number of aromatic amines is 1. The number of aromatic nitrogens is 2. The highest BCUT2D eigenvalue weighted by Crippen LogP contribution is 2.38. The van der Waals surface area contributed by atoms with Gasteiger partial charge in [0.05, 0.1) is 19.3 Å². The van der Waals surface area contributed by atoms with E-state index in [2.05, 4.69) is 52.2 Å². The number of nitrogens with zero attached hydrogens (tertiary/aromatic N) is 2. The highest BCUT2D eigenvalue weighted by molar-refractivity contribution is 5.92. The first kappa shape index (κ1) is 21.4. The minimum atomic E-state index is 0.0917. The van der Waals surface area contributed by atoms with Crippen molar-refractivity contribution in [3.63, 3.8) is 0 Å². The van der Waals surface area contributed by atoms with Gasteiger partial charge in [0.2, 0.25) is 11.8 Å². The van der Waals surface area contributed by atoms with Crippen LogP contribution in [0.1, 0.15) is 49.7 Å². The Balaban J connectivity index is 1.63. The zero-order chi connectivity index (χ0) is 22.0. The molecular weight excluding hydrogens is 388 g/mol. The second-order valence-electron chi connectivity index (χ2n) is 8.68. The Morgan fingerprint density at radius 2 is 2.03 bits per heavy atom. The van der Waals surface area contributed by atoms with Gasteiger partial charge in [0, 0.05) is 35.8 Å². The third-order valence-corrected chi connectivity index (χ3v) is 6.38. The number of carbonyl (C=O) groups excluding carboxylic acids is 1. The summed E-state index contributed by atoms with van der Waals surface area (Å²) in [6, 6.07) is 10.9. The molecule has 2 aromatic heterocycles. The van der Waals surface area contributed by atoms with Crippen LogP contribution in [0.15, 0.2) is 36.5 Å². The Labute approximate surface area is 184 Å². The maximum absolute atomic E-state index is 11.7. The lowest BCUT2D eigenvalue weighted by atomic mass is 9.87. The Kier molecular flexibility index (Phi) is 6.28. The summed E-state index contributed by atoms with van der Waals surface area (Å²) in [5, 5.41) is 4.02. The summed E-state index contributed by atoms with van der Waals surface area (Å²) in [5.74, 6) is 1.63. The van der Waals surface area contributed by atoms with E-state index in [0.717, 1.165) is 42.7 Å². The van der Waals surface area contributed by atoms with Crippen molar-refractivity contribution in [1.29, 1.82) is 0 Å². The predicted molar refractivity (Wildman–Crippen MR) is 125 cm³/mol. The van der Waals surface area contributed by atoms with E-state index in [4.69, 9.17) is 4.74 Å². The molecule has 1 aliphatic rings. The van der Waals surface area contributed by atoms with E-state index in [1.165, 1.54) is 16.5 Å². The van der Waals surface area contributed by atoms with E-state index >= 15 is 0 Å². The maximum Gasteiger partial charge on any atom is 0.233 e. The summed E-state index contributed by atoms with van der Waals surface area (Å²) in [6.07, 6.45) is 3.96. The SMILES string of the molecule is CNC(=O)CN1CCC(c2ccc3[nH]c(-c4ccnc(OC)c4)c(C(C)C)c3c2)CC1. The Morgan fingerprint density at radius 1 is 1.26 bits per heavy atom. The summed E-state index contributed by atoms with van der Waals surface area (Å²) in [7, 11) is 3.34. The summed E-state index contributed by atoms with van der Waals surface area (Å²) >= 11 is 0. The van der Waals surface area contributed by atoms with E-state index in [1.54, 1.807) is 20.4 Å². The van der Waals surface area contributed by atoms with Crippen LogP contribution in [0.5, 0.6) is 5.88 Å². The van der Waals surface area contributed by atoms with Gasteiger partial charge in [0.25, 0.3) is 0 Å². The third-order valence-electron chi connectivity index (χ3n) is 6.38. The fraction of sp³-hybridized carbons (Fsp3) is 0.440. The lowest BCUT2D eigenvalue weighted by Gasteiger charge is -2.31. The summed E-state index contributed by atoms with van der Waals surface area (Å²) in [5.41, 5.74) is 6.13. The molecule has 31 heavy (non-hydrogen) atoms. The van der Waals surface area contributed by atoms with Crippen molar-refractivity contribution in [2.24, 2.45) is 0 Å². The van der Waals surface area contributed by atoms with Crippen molar-refractivity contribution in [2.45, 2.75) is 38.5 Å². The van der Waals surface area contributed by atoms with Crippen LogP contribution in [0.2, 0.25) is 0 Å². The summed E-state index contributed by atoms with van der Waals surface area (Å²) in [6.45, 7) is 6.91. The maximum atomic E-state index is 11.7. The van der Waals surface area contributed by atoms with Gasteiger partial charge in [-0.25, -0.2) is 4.98 Å². The molecular formula is C25H32N4O2. The molecule has 1 saturated heterocycles. The van der Waals surface area contributed by atoms with Crippen molar-refractivity contribution in [3.8, 4) is 17.1 Å². The van der Waals surface area contributed by atoms with Gasteiger partial charge < -0.3 is 15.0 Å². The van der Waals surface area contributed by atoms with Gasteiger partial charge in [-0.05, 0) is 67.1 Å². The standard InChI is InChI=1S/C25H32N4O2/c1-16(2)24-20-13-18(17-8-11-29(12-9-17)15-22(30)26-3)5-6-21(20)28-25(24)19-7-10-27-23(14-19)31-4/h5-7,10,13-14,16-17,28H,8-9,11-12,15H2,1-4H3,(H,26,30). The first-order valence-corrected chi connectivity index (χ1v) is 11.1. The second kappa shape index (κ2) is 9.10. The van der Waals surface area contributed by atoms with Crippen LogP contribution < -0.4 is 10.1 Å². The molecule has 3 aromatic rings. The number of pyridine rings is 1. The predicted octanol–water partition coefficient (Wildman–Crippen LogP) is 4.29. The van der Waals surface area contributed by atoms with E-state index in [1.807, 2.05) is 12.1 Å². The molecule has 1 amide bonds. The van der Waals surface area contributed by atoms with Gasteiger partial charge in [-0.15, -0.1) is 0 Å². The highest BCUT2D eigenvalue weighted by Gasteiger charge is 2.23. The Bertz CT molecular complexity index is 1060. The summed E-state index contributed by atoms with van der Waals surface area (Å²) < 4.78 is 5.34. The normalized spacial score (nSPS) is 15.5. The quantitative estimate of drug-likeness (QED) is 0.624. The molecule has 0 bridgehead atoms. The number of H-pyrrole nitrogens is 1. The first-order valence-electron chi connectivity index (χ1n) is 11.1. The van der Waals surface area contributed by atoms with Crippen LogP contribution in [0, 0.1) is 0 Å². The Morgan fingerprint density at radius 3 is 2.71 bits per heavy atom. The molecule has 0 unspecified atom stereocenters. The van der Waals surface area contributed by atoms with Crippen molar-refractivity contribution in [3.05, 3.63) is 47.7 Å². The second-order valence-corrected chi connectivity index (χ2v) is 8.68. The molecule has 0 spiro atoms. The van der Waals surface area contributed by atoms with Crippen LogP contribution >= 0.6 is 0 Å². The monoisotopic (exact) mass is 420 g/mol. The van der Waals surface area contributed by atoms with E-state index < -0.39 is 0 Å². The number of ether oxygens (including phenoxy) is 1. The fourth-order valence-electron chi connectivity index (χ4n) is 4.69. The lowest BCUT2D eigenvalue weighted by Crippen LogP contribution is -2.40. The molecule has 6 nitrogen and oxygen atoms in total. The molecule has 164 valence electrons. The van der Waals surface area contributed by atoms with Gasteiger partial charge in [-0.2, -0.15) is 0 Å². The Hall–Kier alpha value is -2.86. The van der Waals surface area contributed by atoms with Crippen LogP contribution in [0.4, 0.5) is 0 Å². The number of piperidine rings is 1. The van der Waals surface area contributed by atoms with Gasteiger partial charge in [0.1, 0.15) is 0 Å². The number of hydrogen-bond donors (Lipinski definition) is 2. The zero-order valence-electron chi connectivity index (χ0n) is 18.9. The molecule has 0 aliphatic carbocycles. The molecule has 0 radical (unpaired) electrons. The molecule has 3 heterocycles. The van der Waals surface area contributed by atoms with Crippen molar-refractivity contribution in [2.75, 3.05) is 33.8 Å². The highest BCUT2D eigenvalue weighted by atomic mass is 16.5. The molecule has 1 aromatic carbocycles. The number of amides is 1. The average molecular weight is 421 g/mol. The number of rotatable bonds is 6. The minimum absolute atomic E-state index is 0.0917. The van der Waals surface area contributed by atoms with Crippen LogP contribution in [0.3, 0.4) is 0 Å². The molecule has 2 N–H and O–H groups in total. The van der Waals surface area contributed by atoms with E-state index in [0.29, 0.717) is 24.3 Å². The van der Waals surface area contributed by atoms with Crippen molar-refractivity contribution in [1.82, 2.24) is 20.2 Å². The fourth-order valence-corrected chi connectivity index (χ4v) is 4.69. The van der Waals surface area contributed by atoms with Crippen LogP contribution in [-0.4, -0.2) is 54.6 Å². The van der Waals surface area contributed by atoms with Crippen molar-refractivity contribution >= 4 is 16.8 Å². The average Bonchev–Trinajstić information content (AvgIpc) is 3.18. The van der Waals surface area contributed by atoms with Crippen molar-refractivity contribution < 1.29 is 9.53 Å². The smallest absolute Gasteiger partial charge is 0.233 e. The lowest BCUT2D eigenvalue weighted by molar-refractivity contribution is -0.122. The third kappa shape index (κ3) is 4.44. The number of nitrogens with one attached hydrogen (secondary N) is 2. The first-order chi connectivity index (χ1) is 15.0. The van der Waals surface area contributed by atoms with Crippen LogP contribution in [-0.2, 0) is 4.79 Å². The number of benzene rings is 1. The minimum Gasteiger partial charge on any atom is -0.481 e. The van der Waals surface area contributed by atoms with Gasteiger partial charge in [-0.1, -0.05) is 19.9 Å². The van der Waals surface area contributed by atoms with Gasteiger partial charge >= 0.3 is 0 Å². The molecule has 0 saturated carbocycles. The number of likely N-dealkylation sites (N-methyl/N-ethyl adjacent to an activating group) is 1. The summed E-state index contributed by atoms with van der Waals surface area (Å²) in [4.78, 5) is 21.8. The van der Waals surface area contributed by atoms with E-state index in [-0.39, 0.29) is 5.91 Å². The molecule has 4 rings (SSSR count).